The van der Waals surface area contributed by atoms with Crippen LogP contribution in [0, 0.1) is 0 Å². The largest absolute Gasteiger partial charge is 0.445 e. The van der Waals surface area contributed by atoms with E-state index >= 15 is 0 Å². The molecule has 4 atom stereocenters. The van der Waals surface area contributed by atoms with Crippen LogP contribution < -0.4 is 5.32 Å². The molecular weight excluding hydrogens is 246 g/mol. The third-order valence-electron chi connectivity index (χ3n) is 3.63. The molecule has 5 nitrogen and oxygen atoms in total. The Morgan fingerprint density at radius 2 is 2.11 bits per heavy atom. The molecule has 2 unspecified atom stereocenters. The first-order chi connectivity index (χ1) is 9.24. The number of aliphatic hydroxyl groups is 1. The number of epoxide rings is 1. The quantitative estimate of drug-likeness (QED) is 0.804. The highest BCUT2D eigenvalue weighted by atomic mass is 16.6. The molecule has 1 aromatic rings. The molecule has 2 fully saturated rings. The minimum absolute atomic E-state index is 0.0447. The van der Waals surface area contributed by atoms with Crippen molar-refractivity contribution in [2.24, 2.45) is 0 Å². The van der Waals surface area contributed by atoms with E-state index in [0.29, 0.717) is 6.42 Å². The van der Waals surface area contributed by atoms with Crippen LogP contribution in [0.25, 0.3) is 0 Å². The summed E-state index contributed by atoms with van der Waals surface area (Å²) in [4.78, 5) is 11.7. The lowest BCUT2D eigenvalue weighted by molar-refractivity contribution is 0.114. The van der Waals surface area contributed by atoms with Crippen molar-refractivity contribution in [3.8, 4) is 0 Å². The number of nitrogens with one attached hydrogen (secondary N) is 1. The summed E-state index contributed by atoms with van der Waals surface area (Å²) in [5.41, 5.74) is 0.956. The van der Waals surface area contributed by atoms with Crippen molar-refractivity contribution in [2.45, 2.75) is 43.8 Å². The van der Waals surface area contributed by atoms with Crippen molar-refractivity contribution in [3.63, 3.8) is 0 Å². The predicted molar refractivity (Wildman–Crippen MR) is 67.5 cm³/mol. The lowest BCUT2D eigenvalue weighted by Crippen LogP contribution is -2.44. The number of hydrogen-bond acceptors (Lipinski definition) is 4. The maximum Gasteiger partial charge on any atom is 0.407 e. The SMILES string of the molecule is O=C(NC1CCC(O)[C@@H]2O[C@H]12)OCc1ccccc1. The van der Waals surface area contributed by atoms with E-state index in [1.54, 1.807) is 0 Å². The molecule has 1 aromatic carbocycles. The summed E-state index contributed by atoms with van der Waals surface area (Å²) in [7, 11) is 0. The maximum absolute atomic E-state index is 11.7. The number of benzene rings is 1. The molecule has 1 saturated carbocycles. The van der Waals surface area contributed by atoms with E-state index in [9.17, 15) is 9.90 Å². The monoisotopic (exact) mass is 263 g/mol. The van der Waals surface area contributed by atoms with Gasteiger partial charge in [0.2, 0.25) is 0 Å². The first-order valence-corrected chi connectivity index (χ1v) is 6.55. The number of carbonyl (C=O) groups is 1. The normalized spacial score (nSPS) is 32.3. The summed E-state index contributed by atoms with van der Waals surface area (Å²) in [5.74, 6) is 0. The Morgan fingerprint density at radius 3 is 2.89 bits per heavy atom. The van der Waals surface area contributed by atoms with Crippen molar-refractivity contribution in [1.82, 2.24) is 5.32 Å². The Bertz CT molecular complexity index is 450. The van der Waals surface area contributed by atoms with Crippen LogP contribution in [-0.2, 0) is 16.1 Å². The third-order valence-corrected chi connectivity index (χ3v) is 3.63. The molecule has 2 aliphatic rings. The van der Waals surface area contributed by atoms with Crippen LogP contribution in [-0.4, -0.2) is 35.6 Å². The zero-order valence-electron chi connectivity index (χ0n) is 10.5. The highest BCUT2D eigenvalue weighted by molar-refractivity contribution is 5.67. The van der Waals surface area contributed by atoms with E-state index in [1.807, 2.05) is 30.3 Å². The first kappa shape index (κ1) is 12.4. The number of ether oxygens (including phenoxy) is 2. The summed E-state index contributed by atoms with van der Waals surface area (Å²) >= 11 is 0. The Labute approximate surface area is 111 Å². The number of alkyl carbamates (subject to hydrolysis) is 1. The highest BCUT2D eigenvalue weighted by Gasteiger charge is 2.52. The van der Waals surface area contributed by atoms with Crippen LogP contribution in [0.1, 0.15) is 18.4 Å². The number of rotatable bonds is 3. The van der Waals surface area contributed by atoms with Crippen molar-refractivity contribution < 1.29 is 19.4 Å². The summed E-state index contributed by atoms with van der Waals surface area (Å²) in [6.07, 6.45) is 0.414. The fourth-order valence-electron chi connectivity index (χ4n) is 2.52. The average molecular weight is 263 g/mol. The zero-order valence-corrected chi connectivity index (χ0v) is 10.5. The van der Waals surface area contributed by atoms with Gasteiger partial charge >= 0.3 is 6.09 Å². The molecule has 0 aromatic heterocycles. The fraction of sp³-hybridized carbons (Fsp3) is 0.500. The molecule has 1 aliphatic heterocycles. The Morgan fingerprint density at radius 1 is 1.32 bits per heavy atom. The Hall–Kier alpha value is -1.59. The van der Waals surface area contributed by atoms with Gasteiger partial charge in [-0.3, -0.25) is 0 Å². The molecule has 1 amide bonds. The summed E-state index contributed by atoms with van der Waals surface area (Å²) in [6.45, 7) is 0.261. The van der Waals surface area contributed by atoms with Gasteiger partial charge in [0.15, 0.2) is 0 Å². The summed E-state index contributed by atoms with van der Waals surface area (Å²) in [5, 5.41) is 12.4. The molecule has 5 heteroatoms. The van der Waals surface area contributed by atoms with Gasteiger partial charge in [0.1, 0.15) is 18.8 Å². The molecule has 0 spiro atoms. The van der Waals surface area contributed by atoms with Crippen molar-refractivity contribution in [1.29, 1.82) is 0 Å². The van der Waals surface area contributed by atoms with E-state index < -0.39 is 6.09 Å². The van der Waals surface area contributed by atoms with Gasteiger partial charge in [-0.1, -0.05) is 30.3 Å². The Balaban J connectivity index is 1.45. The third kappa shape index (κ3) is 2.88. The number of fused-ring (bicyclic) bond motifs is 1. The molecule has 1 saturated heterocycles. The highest BCUT2D eigenvalue weighted by Crippen LogP contribution is 2.36. The second kappa shape index (κ2) is 5.19. The van der Waals surface area contributed by atoms with Crippen LogP contribution in [0.15, 0.2) is 30.3 Å². The van der Waals surface area contributed by atoms with Gasteiger partial charge in [-0.15, -0.1) is 0 Å². The number of hydrogen-bond donors (Lipinski definition) is 2. The van der Waals surface area contributed by atoms with Crippen LogP contribution in [0.5, 0.6) is 0 Å². The molecule has 19 heavy (non-hydrogen) atoms. The van der Waals surface area contributed by atoms with Crippen LogP contribution in [0.4, 0.5) is 4.79 Å². The van der Waals surface area contributed by atoms with Gasteiger partial charge in [0.05, 0.1) is 12.1 Å². The standard InChI is InChI=1S/C14H17NO4/c16-11-7-6-10(12-13(11)19-12)15-14(17)18-8-9-4-2-1-3-5-9/h1-5,10-13,16H,6-8H2,(H,15,17)/t10?,11?,12-,13+/m1/s1. The van der Waals surface area contributed by atoms with Gasteiger partial charge in [0, 0.05) is 0 Å². The molecule has 0 bridgehead atoms. The van der Waals surface area contributed by atoms with Gasteiger partial charge in [-0.05, 0) is 18.4 Å². The summed E-state index contributed by atoms with van der Waals surface area (Å²) in [6, 6.07) is 9.50. The van der Waals surface area contributed by atoms with Gasteiger partial charge in [0.25, 0.3) is 0 Å². The van der Waals surface area contributed by atoms with Gasteiger partial charge in [-0.2, -0.15) is 0 Å². The minimum atomic E-state index is -0.431. The number of carbonyl (C=O) groups excluding carboxylic acids is 1. The second-order valence-electron chi connectivity index (χ2n) is 5.02. The van der Waals surface area contributed by atoms with E-state index in [0.717, 1.165) is 12.0 Å². The van der Waals surface area contributed by atoms with Gasteiger partial charge < -0.3 is 19.9 Å². The molecule has 2 N–H and O–H groups in total. The maximum atomic E-state index is 11.7. The van der Waals surface area contributed by atoms with Crippen molar-refractivity contribution in [3.05, 3.63) is 35.9 Å². The molecule has 1 heterocycles. The van der Waals surface area contributed by atoms with Crippen molar-refractivity contribution >= 4 is 6.09 Å². The van der Waals surface area contributed by atoms with Gasteiger partial charge in [-0.25, -0.2) is 4.79 Å². The fourth-order valence-corrected chi connectivity index (χ4v) is 2.52. The van der Waals surface area contributed by atoms with Crippen LogP contribution in [0.3, 0.4) is 0 Å². The smallest absolute Gasteiger partial charge is 0.407 e. The zero-order chi connectivity index (χ0) is 13.2. The predicted octanol–water partition coefficient (Wildman–Crippen LogP) is 1.20. The molecular formula is C14H17NO4. The number of amides is 1. The topological polar surface area (TPSA) is 71.1 Å². The lowest BCUT2D eigenvalue weighted by Gasteiger charge is -2.22. The lowest BCUT2D eigenvalue weighted by atomic mass is 9.93. The molecule has 102 valence electrons. The second-order valence-corrected chi connectivity index (χ2v) is 5.02. The molecule has 1 aliphatic carbocycles. The Kier molecular flexibility index (Phi) is 3.40. The summed E-state index contributed by atoms with van der Waals surface area (Å²) < 4.78 is 10.5. The number of aliphatic hydroxyl groups excluding tert-OH is 1. The van der Waals surface area contributed by atoms with E-state index in [1.165, 1.54) is 0 Å². The first-order valence-electron chi connectivity index (χ1n) is 6.55. The van der Waals surface area contributed by atoms with Crippen LogP contribution in [0.2, 0.25) is 0 Å². The van der Waals surface area contributed by atoms with Crippen molar-refractivity contribution in [2.75, 3.05) is 0 Å². The average Bonchev–Trinajstić information content (AvgIpc) is 3.22. The van der Waals surface area contributed by atoms with E-state index in [2.05, 4.69) is 5.32 Å². The minimum Gasteiger partial charge on any atom is -0.445 e. The molecule has 0 radical (unpaired) electrons. The molecule has 3 rings (SSSR count). The van der Waals surface area contributed by atoms with E-state index in [4.69, 9.17) is 9.47 Å². The van der Waals surface area contributed by atoms with E-state index in [-0.39, 0.29) is 31.0 Å². The van der Waals surface area contributed by atoms with Crippen LogP contribution >= 0.6 is 0 Å².